The van der Waals surface area contributed by atoms with Gasteiger partial charge in [0.2, 0.25) is 5.91 Å². The summed E-state index contributed by atoms with van der Waals surface area (Å²) in [5, 5.41) is 5.74. The fourth-order valence-electron chi connectivity index (χ4n) is 1.21. The van der Waals surface area contributed by atoms with Gasteiger partial charge in [-0.05, 0) is 50.9 Å². The van der Waals surface area contributed by atoms with E-state index in [1.807, 2.05) is 18.2 Å². The van der Waals surface area contributed by atoms with Gasteiger partial charge in [0.05, 0.1) is 12.2 Å². The summed E-state index contributed by atoms with van der Waals surface area (Å²) >= 11 is 6.84. The first kappa shape index (κ1) is 14.1. The van der Waals surface area contributed by atoms with Crippen molar-refractivity contribution in [3.8, 4) is 12.3 Å². The Kier molecular flexibility index (Phi) is 5.52. The Balaban J connectivity index is 2.71. The summed E-state index contributed by atoms with van der Waals surface area (Å²) in [5.41, 5.74) is 0.843. The number of rotatable bonds is 4. The smallest absolute Gasteiger partial charge is 0.242 e. The number of hydrogen-bond donors (Lipinski definition) is 2. The van der Waals surface area contributed by atoms with E-state index < -0.39 is 0 Å². The number of nitrogens with one attached hydrogen (secondary N) is 2. The number of terminal acetylenes is 1. The van der Waals surface area contributed by atoms with Crippen LogP contribution >= 0.6 is 31.9 Å². The maximum absolute atomic E-state index is 11.6. The molecule has 1 amide bonds. The summed E-state index contributed by atoms with van der Waals surface area (Å²) in [5.74, 6) is 2.23. The van der Waals surface area contributed by atoms with Crippen molar-refractivity contribution in [3.63, 3.8) is 0 Å². The topological polar surface area (TPSA) is 41.1 Å². The molecule has 2 N–H and O–H groups in total. The van der Waals surface area contributed by atoms with Crippen molar-refractivity contribution in [1.82, 2.24) is 5.32 Å². The second kappa shape index (κ2) is 6.67. The number of halogens is 2. The summed E-state index contributed by atoms with van der Waals surface area (Å²) in [4.78, 5) is 11.6. The predicted molar refractivity (Wildman–Crippen MR) is 76.8 cm³/mol. The van der Waals surface area contributed by atoms with Crippen molar-refractivity contribution in [2.24, 2.45) is 0 Å². The highest BCUT2D eigenvalue weighted by atomic mass is 79.9. The number of amides is 1. The molecule has 0 heterocycles. The molecular weight excluding hydrogens is 348 g/mol. The van der Waals surface area contributed by atoms with Crippen LogP contribution in [-0.2, 0) is 4.79 Å². The van der Waals surface area contributed by atoms with E-state index in [2.05, 4.69) is 48.4 Å². The van der Waals surface area contributed by atoms with E-state index in [-0.39, 0.29) is 18.5 Å². The third-order valence-electron chi connectivity index (χ3n) is 2.08. The molecule has 0 saturated carbocycles. The number of hydrogen-bond acceptors (Lipinski definition) is 2. The van der Waals surface area contributed by atoms with Gasteiger partial charge in [-0.25, -0.2) is 0 Å². The van der Waals surface area contributed by atoms with Crippen LogP contribution in [-0.4, -0.2) is 18.5 Å². The number of para-hydroxylation sites is 1. The summed E-state index contributed by atoms with van der Waals surface area (Å²) in [6.45, 7) is 2.01. The van der Waals surface area contributed by atoms with Gasteiger partial charge in [0, 0.05) is 8.95 Å². The molecule has 0 saturated heterocycles. The van der Waals surface area contributed by atoms with Crippen LogP contribution < -0.4 is 10.6 Å². The maximum Gasteiger partial charge on any atom is 0.242 e. The van der Waals surface area contributed by atoms with E-state index >= 15 is 0 Å². The SMILES string of the molecule is C#CCNC(=O)C(C)Nc1c(Br)cccc1Br. The van der Waals surface area contributed by atoms with Crippen LogP contribution in [0.15, 0.2) is 27.1 Å². The Morgan fingerprint density at radius 2 is 2.06 bits per heavy atom. The molecule has 0 aromatic heterocycles. The van der Waals surface area contributed by atoms with Crippen molar-refractivity contribution in [1.29, 1.82) is 0 Å². The van der Waals surface area contributed by atoms with Gasteiger partial charge < -0.3 is 10.6 Å². The zero-order valence-corrected chi connectivity index (χ0v) is 12.4. The van der Waals surface area contributed by atoms with Crippen molar-refractivity contribution in [2.45, 2.75) is 13.0 Å². The lowest BCUT2D eigenvalue weighted by Gasteiger charge is -2.16. The minimum atomic E-state index is -0.363. The Morgan fingerprint density at radius 3 is 2.59 bits per heavy atom. The molecule has 0 spiro atoms. The van der Waals surface area contributed by atoms with E-state index in [1.165, 1.54) is 0 Å². The van der Waals surface area contributed by atoms with Crippen LogP contribution in [0.4, 0.5) is 5.69 Å². The van der Waals surface area contributed by atoms with Gasteiger partial charge >= 0.3 is 0 Å². The third-order valence-corrected chi connectivity index (χ3v) is 3.40. The minimum absolute atomic E-state index is 0.134. The Labute approximate surface area is 118 Å². The zero-order chi connectivity index (χ0) is 12.8. The molecule has 0 aliphatic heterocycles. The average molecular weight is 360 g/mol. The number of benzene rings is 1. The molecule has 1 aromatic carbocycles. The molecule has 1 rings (SSSR count). The van der Waals surface area contributed by atoms with Crippen LogP contribution in [0.2, 0.25) is 0 Å². The largest absolute Gasteiger partial charge is 0.372 e. The molecule has 0 aliphatic carbocycles. The second-order valence-electron chi connectivity index (χ2n) is 3.38. The first-order valence-corrected chi connectivity index (χ1v) is 6.56. The van der Waals surface area contributed by atoms with E-state index in [1.54, 1.807) is 6.92 Å². The molecule has 5 heteroatoms. The van der Waals surface area contributed by atoms with Crippen LogP contribution in [0.3, 0.4) is 0 Å². The van der Waals surface area contributed by atoms with Gasteiger partial charge in [-0.3, -0.25) is 4.79 Å². The van der Waals surface area contributed by atoms with Crippen molar-refractivity contribution >= 4 is 43.5 Å². The van der Waals surface area contributed by atoms with Gasteiger partial charge in [0.15, 0.2) is 0 Å². The molecule has 3 nitrogen and oxygen atoms in total. The highest BCUT2D eigenvalue weighted by Gasteiger charge is 2.14. The Bertz CT molecular complexity index is 434. The van der Waals surface area contributed by atoms with E-state index in [9.17, 15) is 4.79 Å². The number of anilines is 1. The monoisotopic (exact) mass is 358 g/mol. The molecule has 17 heavy (non-hydrogen) atoms. The molecule has 1 atom stereocenters. The molecule has 0 fully saturated rings. The lowest BCUT2D eigenvalue weighted by atomic mass is 10.2. The number of carbonyl (C=O) groups excluding carboxylic acids is 1. The molecule has 1 aromatic rings. The lowest BCUT2D eigenvalue weighted by Crippen LogP contribution is -2.37. The van der Waals surface area contributed by atoms with Gasteiger partial charge in [-0.2, -0.15) is 0 Å². The van der Waals surface area contributed by atoms with Crippen LogP contribution in [0.5, 0.6) is 0 Å². The van der Waals surface area contributed by atoms with Crippen molar-refractivity contribution < 1.29 is 4.79 Å². The van der Waals surface area contributed by atoms with E-state index in [0.717, 1.165) is 14.6 Å². The van der Waals surface area contributed by atoms with Crippen LogP contribution in [0.25, 0.3) is 0 Å². The quantitative estimate of drug-likeness (QED) is 0.811. The highest BCUT2D eigenvalue weighted by molar-refractivity contribution is 9.11. The highest BCUT2D eigenvalue weighted by Crippen LogP contribution is 2.30. The third kappa shape index (κ3) is 4.06. The fourth-order valence-corrected chi connectivity index (χ4v) is 2.44. The Morgan fingerprint density at radius 1 is 1.47 bits per heavy atom. The first-order chi connectivity index (χ1) is 8.06. The molecule has 0 radical (unpaired) electrons. The van der Waals surface area contributed by atoms with Gasteiger partial charge in [-0.1, -0.05) is 12.0 Å². The van der Waals surface area contributed by atoms with Gasteiger partial charge in [0.1, 0.15) is 6.04 Å². The summed E-state index contributed by atoms with van der Waals surface area (Å²) in [7, 11) is 0. The maximum atomic E-state index is 11.6. The predicted octanol–water partition coefficient (Wildman–Crippen LogP) is 2.76. The van der Waals surface area contributed by atoms with E-state index in [4.69, 9.17) is 6.42 Å². The zero-order valence-electron chi connectivity index (χ0n) is 9.26. The average Bonchev–Trinajstić information content (AvgIpc) is 2.30. The number of carbonyl (C=O) groups is 1. The Hall–Kier alpha value is -0.990. The molecule has 1 unspecified atom stereocenters. The van der Waals surface area contributed by atoms with Crippen molar-refractivity contribution in [2.75, 3.05) is 11.9 Å². The lowest BCUT2D eigenvalue weighted by molar-refractivity contribution is -0.121. The minimum Gasteiger partial charge on any atom is -0.372 e. The summed E-state index contributed by atoms with van der Waals surface area (Å²) in [6.07, 6.45) is 5.08. The molecular formula is C12H12Br2N2O. The molecule has 90 valence electrons. The fraction of sp³-hybridized carbons (Fsp3) is 0.250. The standard InChI is InChI=1S/C12H12Br2N2O/c1-3-7-15-12(17)8(2)16-11-9(13)5-4-6-10(11)14/h1,4-6,8,16H,7H2,2H3,(H,15,17). The summed E-state index contributed by atoms with van der Waals surface area (Å²) in [6, 6.07) is 5.35. The van der Waals surface area contributed by atoms with Gasteiger partial charge in [0.25, 0.3) is 0 Å². The molecule has 0 bridgehead atoms. The van der Waals surface area contributed by atoms with Gasteiger partial charge in [-0.15, -0.1) is 6.42 Å². The van der Waals surface area contributed by atoms with E-state index in [0.29, 0.717) is 0 Å². The van der Waals surface area contributed by atoms with Crippen molar-refractivity contribution in [3.05, 3.63) is 27.1 Å². The first-order valence-electron chi connectivity index (χ1n) is 4.98. The second-order valence-corrected chi connectivity index (χ2v) is 5.09. The molecule has 0 aliphatic rings. The normalized spacial score (nSPS) is 11.4. The summed E-state index contributed by atoms with van der Waals surface area (Å²) < 4.78 is 1.78. The van der Waals surface area contributed by atoms with Crippen LogP contribution in [0.1, 0.15) is 6.92 Å². The van der Waals surface area contributed by atoms with Crippen LogP contribution in [0, 0.1) is 12.3 Å².